The molecule has 0 bridgehead atoms. The maximum absolute atomic E-state index is 11.9. The van der Waals surface area contributed by atoms with Crippen molar-refractivity contribution in [2.75, 3.05) is 13.7 Å². The largest absolute Gasteiger partial charge is 0.497 e. The van der Waals surface area contributed by atoms with Crippen LogP contribution in [-0.2, 0) is 22.7 Å². The number of nitrogens with one attached hydrogen (secondary N) is 2. The molecule has 0 fully saturated rings. The van der Waals surface area contributed by atoms with Gasteiger partial charge in [-0.3, -0.25) is 4.79 Å². The Kier molecular flexibility index (Phi) is 6.86. The van der Waals surface area contributed by atoms with Crippen molar-refractivity contribution in [3.05, 3.63) is 70.9 Å². The number of carbonyl (C=O) groups is 2. The van der Waals surface area contributed by atoms with Crippen molar-refractivity contribution in [3.63, 3.8) is 0 Å². The van der Waals surface area contributed by atoms with E-state index in [9.17, 15) is 9.59 Å². The predicted octanol–water partition coefficient (Wildman–Crippen LogP) is 3.44. The first kappa shape index (κ1) is 20.4. The van der Waals surface area contributed by atoms with Crippen molar-refractivity contribution >= 4 is 34.5 Å². The van der Waals surface area contributed by atoms with Crippen LogP contribution in [0.25, 0.3) is 10.9 Å². The van der Waals surface area contributed by atoms with Crippen molar-refractivity contribution in [1.29, 1.82) is 0 Å². The van der Waals surface area contributed by atoms with E-state index in [1.807, 2.05) is 42.5 Å². The number of pyridine rings is 1. The van der Waals surface area contributed by atoms with Crippen molar-refractivity contribution in [2.24, 2.45) is 0 Å². The second kappa shape index (κ2) is 9.75. The second-order valence-corrected chi connectivity index (χ2v) is 6.54. The van der Waals surface area contributed by atoms with Gasteiger partial charge in [-0.05, 0) is 23.8 Å². The van der Waals surface area contributed by atoms with Crippen LogP contribution in [0.5, 0.6) is 5.75 Å². The molecule has 0 aliphatic carbocycles. The molecule has 3 aromatic rings. The fraction of sp³-hybridized carbons (Fsp3) is 0.190. The molecule has 0 unspecified atom stereocenters. The second-order valence-electron chi connectivity index (χ2n) is 6.18. The summed E-state index contributed by atoms with van der Waals surface area (Å²) in [4.78, 5) is 28.0. The SMILES string of the molecule is COc1ccc2cc(COC(=O)CNC(=O)NCc3ccccc3)c(Cl)nc2c1. The smallest absolute Gasteiger partial charge is 0.325 e. The predicted molar refractivity (Wildman–Crippen MR) is 110 cm³/mol. The van der Waals surface area contributed by atoms with E-state index in [1.165, 1.54) is 0 Å². The minimum absolute atomic E-state index is 0.0417. The maximum Gasteiger partial charge on any atom is 0.325 e. The van der Waals surface area contributed by atoms with Crippen molar-refractivity contribution in [1.82, 2.24) is 15.6 Å². The molecule has 0 radical (unpaired) electrons. The highest BCUT2D eigenvalue weighted by molar-refractivity contribution is 6.30. The molecule has 8 heteroatoms. The first-order chi connectivity index (χ1) is 14.0. The number of fused-ring (bicyclic) bond motifs is 1. The molecule has 2 aromatic carbocycles. The maximum atomic E-state index is 11.9. The third-order valence-corrected chi connectivity index (χ3v) is 4.46. The van der Waals surface area contributed by atoms with Crippen LogP contribution in [0.1, 0.15) is 11.1 Å². The van der Waals surface area contributed by atoms with Crippen LogP contribution in [0.2, 0.25) is 5.15 Å². The molecule has 0 saturated heterocycles. The normalized spacial score (nSPS) is 10.4. The Morgan fingerprint density at radius 2 is 1.86 bits per heavy atom. The number of esters is 1. The van der Waals surface area contributed by atoms with Gasteiger partial charge < -0.3 is 20.1 Å². The van der Waals surface area contributed by atoms with Gasteiger partial charge in [-0.1, -0.05) is 41.9 Å². The van der Waals surface area contributed by atoms with E-state index in [0.717, 1.165) is 10.9 Å². The zero-order valence-corrected chi connectivity index (χ0v) is 16.5. The van der Waals surface area contributed by atoms with Crippen LogP contribution in [0.3, 0.4) is 0 Å². The molecule has 150 valence electrons. The Balaban J connectivity index is 1.47. The van der Waals surface area contributed by atoms with E-state index in [4.69, 9.17) is 21.1 Å². The average Bonchev–Trinajstić information content (AvgIpc) is 2.75. The van der Waals surface area contributed by atoms with Crippen molar-refractivity contribution in [2.45, 2.75) is 13.2 Å². The first-order valence-corrected chi connectivity index (χ1v) is 9.27. The van der Waals surface area contributed by atoms with Crippen LogP contribution in [0, 0.1) is 0 Å². The fourth-order valence-electron chi connectivity index (χ4n) is 2.60. The summed E-state index contributed by atoms with van der Waals surface area (Å²) >= 11 is 6.19. The quantitative estimate of drug-likeness (QED) is 0.457. The minimum Gasteiger partial charge on any atom is -0.497 e. The Morgan fingerprint density at radius 3 is 2.62 bits per heavy atom. The number of urea groups is 1. The lowest BCUT2D eigenvalue weighted by molar-refractivity contribution is -0.143. The molecule has 1 heterocycles. The highest BCUT2D eigenvalue weighted by Gasteiger charge is 2.10. The van der Waals surface area contributed by atoms with E-state index >= 15 is 0 Å². The number of hydrogen-bond acceptors (Lipinski definition) is 5. The topological polar surface area (TPSA) is 89.5 Å². The summed E-state index contributed by atoms with van der Waals surface area (Å²) in [5.74, 6) is 0.0996. The molecule has 0 aliphatic rings. The van der Waals surface area contributed by atoms with Crippen LogP contribution >= 0.6 is 11.6 Å². The first-order valence-electron chi connectivity index (χ1n) is 8.89. The van der Waals surface area contributed by atoms with Gasteiger partial charge in [0, 0.05) is 23.6 Å². The Morgan fingerprint density at radius 1 is 1.07 bits per heavy atom. The summed E-state index contributed by atoms with van der Waals surface area (Å²) in [6.45, 7) is 0.0707. The molecule has 0 aliphatic heterocycles. The zero-order valence-electron chi connectivity index (χ0n) is 15.8. The lowest BCUT2D eigenvalue weighted by Crippen LogP contribution is -2.38. The number of carbonyl (C=O) groups excluding carboxylic acids is 2. The van der Waals surface area contributed by atoms with Gasteiger partial charge >= 0.3 is 12.0 Å². The van der Waals surface area contributed by atoms with Crippen molar-refractivity contribution < 1.29 is 19.1 Å². The number of methoxy groups -OCH3 is 1. The van der Waals surface area contributed by atoms with Gasteiger partial charge in [0.15, 0.2) is 0 Å². The van der Waals surface area contributed by atoms with E-state index in [2.05, 4.69) is 15.6 Å². The van der Waals surface area contributed by atoms with E-state index < -0.39 is 12.0 Å². The van der Waals surface area contributed by atoms with Gasteiger partial charge in [0.2, 0.25) is 0 Å². The number of rotatable bonds is 7. The molecule has 1 aromatic heterocycles. The van der Waals surface area contributed by atoms with Crippen molar-refractivity contribution in [3.8, 4) is 5.75 Å². The standard InChI is InChI=1S/C21H20ClN3O4/c1-28-17-8-7-15-9-16(20(22)25-18(15)10-17)13-29-19(26)12-24-21(27)23-11-14-5-3-2-4-6-14/h2-10H,11-13H2,1H3,(H2,23,24,27). The summed E-state index contributed by atoms with van der Waals surface area (Å²) < 4.78 is 10.4. The molecule has 0 atom stereocenters. The van der Waals surface area contributed by atoms with Gasteiger partial charge in [0.25, 0.3) is 0 Å². The molecule has 2 amide bonds. The highest BCUT2D eigenvalue weighted by Crippen LogP contribution is 2.24. The lowest BCUT2D eigenvalue weighted by Gasteiger charge is -2.10. The number of hydrogen-bond donors (Lipinski definition) is 2. The highest BCUT2D eigenvalue weighted by atomic mass is 35.5. The van der Waals surface area contributed by atoms with Crippen LogP contribution < -0.4 is 15.4 Å². The molecule has 2 N–H and O–H groups in total. The summed E-state index contributed by atoms with van der Waals surface area (Å²) in [5, 5.41) is 6.22. The number of ether oxygens (including phenoxy) is 2. The van der Waals surface area contributed by atoms with Crippen LogP contribution in [0.4, 0.5) is 4.79 Å². The molecule has 0 saturated carbocycles. The Labute approximate surface area is 173 Å². The number of amides is 2. The number of nitrogens with zero attached hydrogens (tertiary/aromatic N) is 1. The monoisotopic (exact) mass is 413 g/mol. The zero-order chi connectivity index (χ0) is 20.6. The van der Waals surface area contributed by atoms with Crippen LogP contribution in [0.15, 0.2) is 54.6 Å². The third-order valence-electron chi connectivity index (χ3n) is 4.13. The summed E-state index contributed by atoms with van der Waals surface area (Å²) in [6.07, 6.45) is 0. The van der Waals surface area contributed by atoms with Gasteiger partial charge in [-0.15, -0.1) is 0 Å². The summed E-state index contributed by atoms with van der Waals surface area (Å²) in [6, 6.07) is 16.2. The molecule has 7 nitrogen and oxygen atoms in total. The summed E-state index contributed by atoms with van der Waals surface area (Å²) in [7, 11) is 1.58. The lowest BCUT2D eigenvalue weighted by atomic mass is 10.1. The van der Waals surface area contributed by atoms with E-state index in [-0.39, 0.29) is 18.3 Å². The van der Waals surface area contributed by atoms with Gasteiger partial charge in [-0.2, -0.15) is 0 Å². The van der Waals surface area contributed by atoms with Gasteiger partial charge in [0.1, 0.15) is 24.1 Å². The molecule has 29 heavy (non-hydrogen) atoms. The molecular formula is C21H20ClN3O4. The summed E-state index contributed by atoms with van der Waals surface area (Å²) in [5.41, 5.74) is 2.22. The number of halogens is 1. The molecule has 3 rings (SSSR count). The number of aromatic nitrogens is 1. The Hall–Kier alpha value is -3.32. The van der Waals surface area contributed by atoms with E-state index in [1.54, 1.807) is 19.2 Å². The van der Waals surface area contributed by atoms with Gasteiger partial charge in [0.05, 0.1) is 12.6 Å². The molecular weight excluding hydrogens is 394 g/mol. The van der Waals surface area contributed by atoms with E-state index in [0.29, 0.717) is 23.4 Å². The number of benzene rings is 2. The van der Waals surface area contributed by atoms with Gasteiger partial charge in [-0.25, -0.2) is 9.78 Å². The minimum atomic E-state index is -0.578. The third kappa shape index (κ3) is 5.83. The molecule has 0 spiro atoms. The van der Waals surface area contributed by atoms with Crippen LogP contribution in [-0.4, -0.2) is 30.6 Å². The Bertz CT molecular complexity index is 1010. The fourth-order valence-corrected chi connectivity index (χ4v) is 2.80. The average molecular weight is 414 g/mol.